The largest absolute Gasteiger partial charge is 0.488 e. The molecular weight excluding hydrogens is 427 g/mol. The highest BCUT2D eigenvalue weighted by molar-refractivity contribution is 5.92. The van der Waals surface area contributed by atoms with Gasteiger partial charge in [-0.25, -0.2) is 9.37 Å². The van der Waals surface area contributed by atoms with Gasteiger partial charge in [-0.15, -0.1) is 0 Å². The molecule has 0 bridgehead atoms. The van der Waals surface area contributed by atoms with Crippen LogP contribution in [0.1, 0.15) is 35.3 Å². The number of hydrogen-bond acceptors (Lipinski definition) is 6. The lowest BCUT2D eigenvalue weighted by molar-refractivity contribution is -0.0441. The van der Waals surface area contributed by atoms with Gasteiger partial charge in [0.25, 0.3) is 11.8 Å². The second kappa shape index (κ2) is 9.11. The highest BCUT2D eigenvalue weighted by Crippen LogP contribution is 2.43. The molecule has 7 nitrogen and oxygen atoms in total. The van der Waals surface area contributed by atoms with E-state index in [4.69, 9.17) is 18.9 Å². The molecule has 2 aliphatic heterocycles. The van der Waals surface area contributed by atoms with Crippen LogP contribution >= 0.6 is 0 Å². The quantitative estimate of drug-likeness (QED) is 0.620. The van der Waals surface area contributed by atoms with E-state index in [1.807, 2.05) is 6.07 Å². The number of methoxy groups -OCH3 is 1. The maximum absolute atomic E-state index is 13.9. The number of nitrogens with zero attached hydrogens (tertiary/aromatic N) is 2. The van der Waals surface area contributed by atoms with Gasteiger partial charge < -0.3 is 23.8 Å². The molecule has 1 amide bonds. The minimum atomic E-state index is -0.753. The van der Waals surface area contributed by atoms with Gasteiger partial charge in [-0.1, -0.05) is 24.3 Å². The Morgan fingerprint density at radius 3 is 2.91 bits per heavy atom. The molecule has 2 fully saturated rings. The van der Waals surface area contributed by atoms with Crippen LogP contribution in [0.5, 0.6) is 11.6 Å². The van der Waals surface area contributed by atoms with Crippen molar-refractivity contribution < 1.29 is 28.1 Å². The molecule has 8 heteroatoms. The van der Waals surface area contributed by atoms with Crippen LogP contribution in [-0.4, -0.2) is 55.5 Å². The first-order chi connectivity index (χ1) is 16.1. The van der Waals surface area contributed by atoms with Gasteiger partial charge in [-0.05, 0) is 48.6 Å². The molecule has 0 saturated carbocycles. The fourth-order valence-electron chi connectivity index (χ4n) is 4.81. The zero-order valence-electron chi connectivity index (χ0n) is 18.5. The number of pyridine rings is 1. The summed E-state index contributed by atoms with van der Waals surface area (Å²) in [6.07, 6.45) is 6.44. The maximum atomic E-state index is 13.9. The Hall–Kier alpha value is -2.97. The molecule has 1 aliphatic carbocycles. The second-order valence-corrected chi connectivity index (χ2v) is 8.64. The summed E-state index contributed by atoms with van der Waals surface area (Å²) >= 11 is 0. The number of likely N-dealkylation sites (tertiary alicyclic amines) is 1. The molecule has 2 saturated heterocycles. The first-order valence-electron chi connectivity index (χ1n) is 11.2. The summed E-state index contributed by atoms with van der Waals surface area (Å²) in [6.45, 7) is 1.45. The zero-order valence-corrected chi connectivity index (χ0v) is 18.5. The Labute approximate surface area is 192 Å². The maximum Gasteiger partial charge on any atom is 0.272 e. The molecule has 3 heterocycles. The minimum absolute atomic E-state index is 0.109. The first-order valence-corrected chi connectivity index (χ1v) is 11.2. The highest BCUT2D eigenvalue weighted by Gasteiger charge is 2.51. The van der Waals surface area contributed by atoms with Crippen molar-refractivity contribution in [3.63, 3.8) is 0 Å². The molecule has 1 unspecified atom stereocenters. The van der Waals surface area contributed by atoms with Gasteiger partial charge in [0.05, 0.1) is 20.3 Å². The molecule has 1 aromatic carbocycles. The summed E-state index contributed by atoms with van der Waals surface area (Å²) in [5.41, 5.74) is 0.256. The number of amides is 1. The van der Waals surface area contributed by atoms with Crippen LogP contribution in [0.15, 0.2) is 48.6 Å². The van der Waals surface area contributed by atoms with E-state index in [-0.39, 0.29) is 30.3 Å². The molecule has 0 spiro atoms. The Morgan fingerprint density at radius 2 is 2.12 bits per heavy atom. The van der Waals surface area contributed by atoms with E-state index >= 15 is 0 Å². The number of allylic oxidation sites excluding steroid dienone is 2. The third-order valence-corrected chi connectivity index (χ3v) is 6.66. The number of aromatic nitrogens is 1. The van der Waals surface area contributed by atoms with E-state index in [0.717, 1.165) is 18.4 Å². The van der Waals surface area contributed by atoms with Crippen molar-refractivity contribution in [2.75, 3.05) is 33.6 Å². The third-order valence-electron chi connectivity index (χ3n) is 6.66. The first kappa shape index (κ1) is 21.9. The van der Waals surface area contributed by atoms with Gasteiger partial charge in [-0.2, -0.15) is 0 Å². The lowest BCUT2D eigenvalue weighted by Gasteiger charge is -2.41. The van der Waals surface area contributed by atoms with Gasteiger partial charge in [0.15, 0.2) is 5.75 Å². The summed E-state index contributed by atoms with van der Waals surface area (Å²) in [7, 11) is 1.51. The highest BCUT2D eigenvalue weighted by atomic mass is 19.1. The second-order valence-electron chi connectivity index (χ2n) is 8.64. The van der Waals surface area contributed by atoms with E-state index in [0.29, 0.717) is 43.7 Å². The van der Waals surface area contributed by atoms with Crippen molar-refractivity contribution in [3.05, 3.63) is 65.6 Å². The van der Waals surface area contributed by atoms with Crippen molar-refractivity contribution in [2.45, 2.75) is 31.0 Å². The number of fused-ring (bicyclic) bond motifs is 1. The van der Waals surface area contributed by atoms with Gasteiger partial charge in [0, 0.05) is 13.0 Å². The van der Waals surface area contributed by atoms with Crippen molar-refractivity contribution in [3.8, 4) is 11.6 Å². The Balaban J connectivity index is 1.29. The summed E-state index contributed by atoms with van der Waals surface area (Å²) in [5, 5.41) is 0. The van der Waals surface area contributed by atoms with Crippen molar-refractivity contribution in [1.82, 2.24) is 9.88 Å². The fourth-order valence-corrected chi connectivity index (χ4v) is 4.81. The molecule has 3 aliphatic rings. The average molecular weight is 454 g/mol. The molecule has 174 valence electrons. The molecule has 2 aromatic rings. The standard InChI is InChI=1S/C25H27FN2O5/c1-30-23-21(31-15-17-5-2-3-6-17)10-9-20(27-23)24(29)28-12-11-25(22(14-28)32-16-33-25)18-7-4-8-19(26)13-18/h2-4,7-10,13,17,22H,5-6,11-12,14-16H2,1H3/t22?,25-/m1/s1. The Kier molecular flexibility index (Phi) is 6.03. The van der Waals surface area contributed by atoms with Crippen LogP contribution in [0, 0.1) is 11.7 Å². The third kappa shape index (κ3) is 4.20. The molecule has 2 atom stereocenters. The van der Waals surface area contributed by atoms with Crippen molar-refractivity contribution >= 4 is 5.91 Å². The number of ether oxygens (including phenoxy) is 4. The normalized spacial score (nSPS) is 24.7. The number of halogens is 1. The summed E-state index contributed by atoms with van der Waals surface area (Å²) < 4.78 is 36.9. The van der Waals surface area contributed by atoms with E-state index in [2.05, 4.69) is 17.1 Å². The van der Waals surface area contributed by atoms with E-state index in [9.17, 15) is 9.18 Å². The molecule has 0 N–H and O–H groups in total. The van der Waals surface area contributed by atoms with Gasteiger partial charge in [0.1, 0.15) is 30.0 Å². The van der Waals surface area contributed by atoms with E-state index in [1.54, 1.807) is 23.1 Å². The van der Waals surface area contributed by atoms with Crippen LogP contribution < -0.4 is 9.47 Å². The Bertz CT molecular complexity index is 1050. The van der Waals surface area contributed by atoms with Gasteiger partial charge >= 0.3 is 0 Å². The van der Waals surface area contributed by atoms with Gasteiger partial charge in [-0.3, -0.25) is 4.79 Å². The van der Waals surface area contributed by atoms with Crippen LogP contribution in [0.2, 0.25) is 0 Å². The molecule has 0 radical (unpaired) electrons. The summed E-state index contributed by atoms with van der Waals surface area (Å²) in [4.78, 5) is 19.3. The van der Waals surface area contributed by atoms with E-state index < -0.39 is 5.60 Å². The lowest BCUT2D eigenvalue weighted by Crippen LogP contribution is -2.53. The number of benzene rings is 1. The number of hydrogen-bond donors (Lipinski definition) is 0. The van der Waals surface area contributed by atoms with Crippen LogP contribution in [0.25, 0.3) is 0 Å². The zero-order chi connectivity index (χ0) is 22.8. The van der Waals surface area contributed by atoms with Crippen LogP contribution in [0.4, 0.5) is 4.39 Å². The number of carbonyl (C=O) groups is 1. The average Bonchev–Trinajstić information content (AvgIpc) is 3.52. The smallest absolute Gasteiger partial charge is 0.272 e. The lowest BCUT2D eigenvalue weighted by atomic mass is 9.82. The predicted molar refractivity (Wildman–Crippen MR) is 118 cm³/mol. The van der Waals surface area contributed by atoms with Crippen molar-refractivity contribution in [2.24, 2.45) is 5.92 Å². The predicted octanol–water partition coefficient (Wildman–Crippen LogP) is 3.69. The van der Waals surface area contributed by atoms with E-state index in [1.165, 1.54) is 19.2 Å². The monoisotopic (exact) mass is 454 g/mol. The van der Waals surface area contributed by atoms with Crippen LogP contribution in [0.3, 0.4) is 0 Å². The number of carbonyl (C=O) groups excluding carboxylic acids is 1. The molecule has 33 heavy (non-hydrogen) atoms. The summed E-state index contributed by atoms with van der Waals surface area (Å²) in [6, 6.07) is 9.78. The Morgan fingerprint density at radius 1 is 1.27 bits per heavy atom. The van der Waals surface area contributed by atoms with Crippen molar-refractivity contribution in [1.29, 1.82) is 0 Å². The minimum Gasteiger partial charge on any atom is -0.488 e. The number of rotatable bonds is 6. The topological polar surface area (TPSA) is 70.1 Å². The van der Waals surface area contributed by atoms with Gasteiger partial charge in [0.2, 0.25) is 0 Å². The number of piperidine rings is 1. The molecule has 5 rings (SSSR count). The fraction of sp³-hybridized carbons (Fsp3) is 0.440. The molecular formula is C25H27FN2O5. The SMILES string of the molecule is COc1nc(C(=O)N2CC[C@]3(c4cccc(F)c4)OCOC3C2)ccc1OCC1CC=CC1. The van der Waals surface area contributed by atoms with Crippen LogP contribution in [-0.2, 0) is 15.1 Å². The molecule has 1 aromatic heterocycles. The summed E-state index contributed by atoms with van der Waals surface area (Å²) in [5.74, 6) is 0.729.